The fraction of sp³-hybridized carbons (Fsp3) is 0.630. The molecule has 1 aromatic heterocycles. The number of piperidine rings is 1. The van der Waals surface area contributed by atoms with Gasteiger partial charge in [-0.3, -0.25) is 24.0 Å². The highest BCUT2D eigenvalue weighted by Crippen LogP contribution is 2.32. The highest BCUT2D eigenvalue weighted by atomic mass is 16.6. The monoisotopic (exact) mass is 516 g/mol. The summed E-state index contributed by atoms with van der Waals surface area (Å²) in [7, 11) is 3.42. The standard InChI is InChI=1S/C18H21N3O3.C9H19NO3/c1-20-16-12(10-11-4-2-5-11)6-3-7-13(16)21(18(20)24)14-8-9-15(22)19-17(14)23;1-9(2,3)13-8(12)10(4)6-5-7-11/h3,6-7,11,14H,2,4-5,8-10H2,1H3,(H,19,22,23);11H,5-7H2,1-4H3. The van der Waals surface area contributed by atoms with E-state index < -0.39 is 11.6 Å². The maximum absolute atomic E-state index is 12.8. The van der Waals surface area contributed by atoms with Crippen LogP contribution in [0.15, 0.2) is 23.0 Å². The van der Waals surface area contributed by atoms with Gasteiger partial charge in [0.2, 0.25) is 11.8 Å². The molecule has 10 nitrogen and oxygen atoms in total. The fourth-order valence-corrected chi connectivity index (χ4v) is 4.66. The van der Waals surface area contributed by atoms with Crippen molar-refractivity contribution in [1.82, 2.24) is 19.4 Å². The van der Waals surface area contributed by atoms with Gasteiger partial charge in [-0.2, -0.15) is 0 Å². The molecule has 10 heteroatoms. The van der Waals surface area contributed by atoms with Crippen molar-refractivity contribution in [3.8, 4) is 0 Å². The summed E-state index contributed by atoms with van der Waals surface area (Å²) in [5.74, 6) is 0.0464. The van der Waals surface area contributed by atoms with Crippen molar-refractivity contribution in [2.75, 3.05) is 20.2 Å². The van der Waals surface area contributed by atoms with E-state index in [0.717, 1.165) is 17.5 Å². The normalized spacial score (nSPS) is 18.1. The van der Waals surface area contributed by atoms with E-state index >= 15 is 0 Å². The van der Waals surface area contributed by atoms with Gasteiger partial charge in [0.15, 0.2) is 0 Å². The summed E-state index contributed by atoms with van der Waals surface area (Å²) in [6.07, 6.45) is 5.63. The lowest BCUT2D eigenvalue weighted by atomic mass is 9.81. The van der Waals surface area contributed by atoms with Gasteiger partial charge in [0.1, 0.15) is 11.6 Å². The Morgan fingerprint density at radius 2 is 1.89 bits per heavy atom. The maximum Gasteiger partial charge on any atom is 0.410 e. The lowest BCUT2D eigenvalue weighted by Crippen LogP contribution is -2.44. The summed E-state index contributed by atoms with van der Waals surface area (Å²) in [4.78, 5) is 49.2. The number of para-hydroxylation sites is 1. The van der Waals surface area contributed by atoms with Crippen LogP contribution in [0.1, 0.15) is 70.9 Å². The Labute approximate surface area is 217 Å². The third-order valence-electron chi connectivity index (χ3n) is 6.80. The van der Waals surface area contributed by atoms with E-state index in [-0.39, 0.29) is 36.6 Å². The highest BCUT2D eigenvalue weighted by Gasteiger charge is 2.32. The second kappa shape index (κ2) is 11.9. The number of amides is 3. The predicted octanol–water partition coefficient (Wildman–Crippen LogP) is 2.90. The van der Waals surface area contributed by atoms with Crippen molar-refractivity contribution < 1.29 is 24.2 Å². The van der Waals surface area contributed by atoms with Gasteiger partial charge >= 0.3 is 11.8 Å². The number of nitrogens with one attached hydrogen (secondary N) is 1. The summed E-state index contributed by atoms with van der Waals surface area (Å²) >= 11 is 0. The number of aliphatic hydroxyl groups is 1. The lowest BCUT2D eigenvalue weighted by molar-refractivity contribution is -0.135. The van der Waals surface area contributed by atoms with Crippen LogP contribution in [0.5, 0.6) is 0 Å². The minimum absolute atomic E-state index is 0.0904. The smallest absolute Gasteiger partial charge is 0.410 e. The van der Waals surface area contributed by atoms with Gasteiger partial charge < -0.3 is 14.7 Å². The van der Waals surface area contributed by atoms with Crippen LogP contribution in [0.4, 0.5) is 4.79 Å². The molecule has 1 saturated carbocycles. The van der Waals surface area contributed by atoms with Gasteiger partial charge in [0, 0.05) is 33.7 Å². The molecule has 37 heavy (non-hydrogen) atoms. The summed E-state index contributed by atoms with van der Waals surface area (Å²) in [6, 6.07) is 5.32. The zero-order valence-electron chi connectivity index (χ0n) is 22.6. The van der Waals surface area contributed by atoms with Crippen molar-refractivity contribution in [2.45, 2.75) is 77.4 Å². The number of aryl methyl sites for hydroxylation is 1. The Bertz CT molecular complexity index is 1190. The van der Waals surface area contributed by atoms with Crippen LogP contribution < -0.4 is 11.0 Å². The van der Waals surface area contributed by atoms with Crippen molar-refractivity contribution in [2.24, 2.45) is 13.0 Å². The number of rotatable bonds is 6. The van der Waals surface area contributed by atoms with E-state index in [9.17, 15) is 19.2 Å². The molecule has 1 aliphatic carbocycles. The van der Waals surface area contributed by atoms with Crippen LogP contribution in [-0.4, -0.2) is 62.8 Å². The fourth-order valence-electron chi connectivity index (χ4n) is 4.66. The first-order valence-electron chi connectivity index (χ1n) is 13.0. The van der Waals surface area contributed by atoms with E-state index in [4.69, 9.17) is 9.84 Å². The molecule has 1 saturated heterocycles. The van der Waals surface area contributed by atoms with Gasteiger partial charge in [-0.05, 0) is 57.6 Å². The predicted molar refractivity (Wildman–Crippen MR) is 140 cm³/mol. The number of benzene rings is 1. The molecule has 3 amide bonds. The van der Waals surface area contributed by atoms with Gasteiger partial charge in [0.25, 0.3) is 0 Å². The highest BCUT2D eigenvalue weighted by molar-refractivity contribution is 6.00. The molecule has 0 spiro atoms. The van der Waals surface area contributed by atoms with Crippen LogP contribution in [0, 0.1) is 5.92 Å². The number of hydrogen-bond acceptors (Lipinski definition) is 6. The van der Waals surface area contributed by atoms with Gasteiger partial charge in [-0.1, -0.05) is 31.4 Å². The number of fused-ring (bicyclic) bond motifs is 1. The topological polar surface area (TPSA) is 123 Å². The summed E-state index contributed by atoms with van der Waals surface area (Å²) in [5, 5.41) is 10.9. The lowest BCUT2D eigenvalue weighted by Gasteiger charge is -2.25. The largest absolute Gasteiger partial charge is 0.444 e. The van der Waals surface area contributed by atoms with Crippen molar-refractivity contribution in [1.29, 1.82) is 0 Å². The Morgan fingerprint density at radius 3 is 2.46 bits per heavy atom. The van der Waals surface area contributed by atoms with E-state index in [1.165, 1.54) is 29.7 Å². The third kappa shape index (κ3) is 7.00. The number of carbonyl (C=O) groups excluding carboxylic acids is 3. The number of nitrogens with zero attached hydrogens (tertiary/aromatic N) is 3. The Hall–Kier alpha value is -3.14. The molecular weight excluding hydrogens is 476 g/mol. The Morgan fingerprint density at radius 1 is 1.19 bits per heavy atom. The van der Waals surface area contributed by atoms with Gasteiger partial charge in [-0.15, -0.1) is 0 Å². The molecular formula is C27H40N4O6. The number of ether oxygens (including phenoxy) is 1. The molecule has 0 radical (unpaired) electrons. The van der Waals surface area contributed by atoms with Gasteiger partial charge in [-0.25, -0.2) is 9.59 Å². The third-order valence-corrected chi connectivity index (χ3v) is 6.80. The van der Waals surface area contributed by atoms with Gasteiger partial charge in [0.05, 0.1) is 11.0 Å². The van der Waals surface area contributed by atoms with Crippen LogP contribution in [0.2, 0.25) is 0 Å². The number of hydrogen-bond donors (Lipinski definition) is 2. The van der Waals surface area contributed by atoms with E-state index in [1.54, 1.807) is 23.2 Å². The van der Waals surface area contributed by atoms with E-state index in [2.05, 4.69) is 11.4 Å². The molecule has 1 atom stereocenters. The second-order valence-corrected chi connectivity index (χ2v) is 10.9. The molecule has 2 heterocycles. The van der Waals surface area contributed by atoms with E-state index in [0.29, 0.717) is 25.3 Å². The van der Waals surface area contributed by atoms with Crippen LogP contribution in [-0.2, 0) is 27.8 Å². The van der Waals surface area contributed by atoms with Crippen molar-refractivity contribution in [3.63, 3.8) is 0 Å². The number of carbonyl (C=O) groups is 3. The van der Waals surface area contributed by atoms with E-state index in [1.807, 2.05) is 32.9 Å². The molecule has 1 unspecified atom stereocenters. The first-order valence-corrected chi connectivity index (χ1v) is 13.0. The Balaban J connectivity index is 0.000000251. The molecule has 1 aliphatic heterocycles. The average Bonchev–Trinajstić information content (AvgIpc) is 3.05. The quantitative estimate of drug-likeness (QED) is 0.569. The SMILES string of the molecule is CN(CCCO)C(=O)OC(C)(C)C.Cn1c(=O)n(C2CCC(=O)NC2=O)c2cccc(CC3CCC3)c21. The molecule has 2 fully saturated rings. The summed E-state index contributed by atoms with van der Waals surface area (Å²) in [5.41, 5.74) is 2.22. The average molecular weight is 517 g/mol. The minimum atomic E-state index is -0.613. The second-order valence-electron chi connectivity index (χ2n) is 10.9. The maximum atomic E-state index is 12.8. The molecule has 204 valence electrons. The minimum Gasteiger partial charge on any atom is -0.444 e. The molecule has 2 aromatic rings. The zero-order valence-corrected chi connectivity index (χ0v) is 22.6. The van der Waals surface area contributed by atoms with Crippen LogP contribution >= 0.6 is 0 Å². The molecule has 2 N–H and O–H groups in total. The first-order chi connectivity index (χ1) is 17.4. The van der Waals surface area contributed by atoms with Crippen molar-refractivity contribution >= 4 is 28.9 Å². The molecule has 2 aliphatic rings. The zero-order chi connectivity index (χ0) is 27.3. The van der Waals surface area contributed by atoms with Crippen LogP contribution in [0.3, 0.4) is 0 Å². The summed E-state index contributed by atoms with van der Waals surface area (Å²) < 4.78 is 8.30. The number of imide groups is 1. The summed E-state index contributed by atoms with van der Waals surface area (Å²) in [6.45, 7) is 6.08. The number of aromatic nitrogens is 2. The molecule has 0 bridgehead atoms. The Kier molecular flexibility index (Phi) is 9.17. The first kappa shape index (κ1) is 28.4. The molecule has 4 rings (SSSR count). The van der Waals surface area contributed by atoms with Crippen LogP contribution in [0.25, 0.3) is 11.0 Å². The molecule has 1 aromatic carbocycles. The number of imidazole rings is 1. The number of aliphatic hydroxyl groups excluding tert-OH is 1. The van der Waals surface area contributed by atoms with Crippen molar-refractivity contribution in [3.05, 3.63) is 34.2 Å².